The second-order valence-corrected chi connectivity index (χ2v) is 9.35. The van der Waals surface area contributed by atoms with Crippen molar-refractivity contribution >= 4 is 17.2 Å². The lowest BCUT2D eigenvalue weighted by molar-refractivity contribution is -0.131. The van der Waals surface area contributed by atoms with Gasteiger partial charge in [-0.15, -0.1) is 0 Å². The van der Waals surface area contributed by atoms with Gasteiger partial charge in [0.15, 0.2) is 11.8 Å². The van der Waals surface area contributed by atoms with Crippen molar-refractivity contribution in [1.29, 1.82) is 0 Å². The Morgan fingerprint density at radius 3 is 2.63 bits per heavy atom. The van der Waals surface area contributed by atoms with Gasteiger partial charge in [0.2, 0.25) is 0 Å². The van der Waals surface area contributed by atoms with Crippen LogP contribution in [0.3, 0.4) is 0 Å². The molecule has 38 heavy (non-hydrogen) atoms. The number of benzene rings is 2. The van der Waals surface area contributed by atoms with Crippen LogP contribution in [-0.4, -0.2) is 39.3 Å². The number of carbonyl (C=O) groups is 1. The van der Waals surface area contributed by atoms with Crippen LogP contribution < -0.4 is 10.6 Å². The van der Waals surface area contributed by atoms with Crippen LogP contribution >= 0.6 is 0 Å². The van der Waals surface area contributed by atoms with E-state index >= 15 is 4.39 Å². The number of alkyl halides is 4. The van der Waals surface area contributed by atoms with Gasteiger partial charge in [-0.3, -0.25) is 4.79 Å². The molecule has 6 nitrogen and oxygen atoms in total. The highest BCUT2D eigenvalue weighted by molar-refractivity contribution is 5.96. The van der Waals surface area contributed by atoms with Crippen molar-refractivity contribution in [3.05, 3.63) is 82.9 Å². The minimum Gasteiger partial charge on any atom is -0.382 e. The Morgan fingerprint density at radius 2 is 1.95 bits per heavy atom. The van der Waals surface area contributed by atoms with Gasteiger partial charge in [-0.2, -0.15) is 18.3 Å². The second-order valence-electron chi connectivity index (χ2n) is 9.35. The van der Waals surface area contributed by atoms with E-state index in [4.69, 9.17) is 0 Å². The molecule has 2 N–H and O–H groups in total. The first-order chi connectivity index (χ1) is 18.1. The summed E-state index contributed by atoms with van der Waals surface area (Å²) in [5.41, 5.74) is 2.54. The fourth-order valence-corrected chi connectivity index (χ4v) is 4.18. The number of rotatable bonds is 8. The van der Waals surface area contributed by atoms with E-state index < -0.39 is 31.1 Å². The smallest absolute Gasteiger partial charge is 0.382 e. The summed E-state index contributed by atoms with van der Waals surface area (Å²) >= 11 is 0. The molecule has 198 valence electrons. The molecule has 0 radical (unpaired) electrons. The highest BCUT2D eigenvalue weighted by Gasteiger charge is 2.27. The Hall–Kier alpha value is -4.02. The molecule has 0 saturated heterocycles. The quantitative estimate of drug-likeness (QED) is 0.268. The van der Waals surface area contributed by atoms with Crippen molar-refractivity contribution in [3.63, 3.8) is 0 Å². The Bertz CT molecular complexity index is 1500. The standard InChI is InChI=1S/C27H24F5N5O/c1-15-11-16(5-8-20(15)26(38)35-19-6-7-19)23-14-34-25-22(33-10-9-27(30,31)32)13-21(36-37(23)25)24(29)17-3-2-4-18(28)12-17/h2-5,8,11-14,19,24,33H,6-7,9-10H2,1H3,(H,35,38)/t24-/m0/s1. The number of hydrogen-bond donors (Lipinski definition) is 2. The molecule has 1 atom stereocenters. The van der Waals surface area contributed by atoms with E-state index in [1.54, 1.807) is 25.1 Å². The molecule has 0 unspecified atom stereocenters. The van der Waals surface area contributed by atoms with Crippen LogP contribution in [0.5, 0.6) is 0 Å². The molecule has 2 heterocycles. The third-order valence-electron chi connectivity index (χ3n) is 6.29. The number of anilines is 1. The summed E-state index contributed by atoms with van der Waals surface area (Å²) < 4.78 is 68.9. The first kappa shape index (κ1) is 25.6. The van der Waals surface area contributed by atoms with Crippen LogP contribution in [0.2, 0.25) is 0 Å². The molecule has 2 aromatic heterocycles. The van der Waals surface area contributed by atoms with E-state index in [2.05, 4.69) is 20.7 Å². The largest absolute Gasteiger partial charge is 0.390 e. The first-order valence-electron chi connectivity index (χ1n) is 12.1. The number of aromatic nitrogens is 3. The summed E-state index contributed by atoms with van der Waals surface area (Å²) in [6, 6.07) is 11.6. The molecule has 0 spiro atoms. The predicted molar refractivity (Wildman–Crippen MR) is 132 cm³/mol. The van der Waals surface area contributed by atoms with Crippen molar-refractivity contribution in [2.45, 2.75) is 44.6 Å². The molecule has 1 amide bonds. The van der Waals surface area contributed by atoms with Crippen LogP contribution in [-0.2, 0) is 0 Å². The van der Waals surface area contributed by atoms with Gasteiger partial charge in [0, 0.05) is 23.7 Å². The van der Waals surface area contributed by atoms with Crippen molar-refractivity contribution in [3.8, 4) is 11.3 Å². The average Bonchev–Trinajstić information content (AvgIpc) is 3.57. The number of halogens is 5. The molecule has 4 aromatic rings. The van der Waals surface area contributed by atoms with Crippen molar-refractivity contribution < 1.29 is 26.7 Å². The Morgan fingerprint density at radius 1 is 1.16 bits per heavy atom. The van der Waals surface area contributed by atoms with Gasteiger partial charge in [0.05, 0.1) is 24.0 Å². The van der Waals surface area contributed by atoms with Gasteiger partial charge >= 0.3 is 6.18 Å². The zero-order chi connectivity index (χ0) is 27.0. The number of nitrogens with one attached hydrogen (secondary N) is 2. The molecule has 1 saturated carbocycles. The maximum absolute atomic E-state index is 15.5. The number of fused-ring (bicyclic) bond motifs is 1. The van der Waals surface area contributed by atoms with E-state index in [-0.39, 0.29) is 34.5 Å². The zero-order valence-electron chi connectivity index (χ0n) is 20.3. The molecular formula is C27H24F5N5O. The molecule has 5 rings (SSSR count). The minimum absolute atomic E-state index is 0.0154. The number of imidazole rings is 1. The molecule has 11 heteroatoms. The van der Waals surface area contributed by atoms with E-state index in [1.165, 1.54) is 35.0 Å². The third-order valence-corrected chi connectivity index (χ3v) is 6.29. The van der Waals surface area contributed by atoms with E-state index in [9.17, 15) is 22.4 Å². The van der Waals surface area contributed by atoms with E-state index in [0.29, 0.717) is 22.4 Å². The molecule has 0 bridgehead atoms. The fraction of sp³-hybridized carbons (Fsp3) is 0.296. The van der Waals surface area contributed by atoms with Gasteiger partial charge in [-0.1, -0.05) is 18.2 Å². The van der Waals surface area contributed by atoms with Crippen LogP contribution in [0.25, 0.3) is 16.9 Å². The SMILES string of the molecule is Cc1cc(-c2cnc3c(NCCC(F)(F)F)cc([C@@H](F)c4cccc(F)c4)nn23)ccc1C(=O)NC1CC1. The first-order valence-corrected chi connectivity index (χ1v) is 12.1. The van der Waals surface area contributed by atoms with Gasteiger partial charge in [0.1, 0.15) is 11.5 Å². The summed E-state index contributed by atoms with van der Waals surface area (Å²) in [6.07, 6.45) is -3.92. The average molecular weight is 530 g/mol. The maximum atomic E-state index is 15.5. The van der Waals surface area contributed by atoms with Crippen LogP contribution in [0.15, 0.2) is 54.7 Å². The molecule has 0 aliphatic heterocycles. The fourth-order valence-electron chi connectivity index (χ4n) is 4.18. The molecular weight excluding hydrogens is 505 g/mol. The second kappa shape index (κ2) is 10.0. The molecule has 1 aliphatic carbocycles. The lowest BCUT2D eigenvalue weighted by Crippen LogP contribution is -2.26. The molecule has 2 aromatic carbocycles. The monoisotopic (exact) mass is 529 g/mol. The van der Waals surface area contributed by atoms with Crippen molar-refractivity contribution in [1.82, 2.24) is 19.9 Å². The lowest BCUT2D eigenvalue weighted by Gasteiger charge is -2.15. The van der Waals surface area contributed by atoms with Crippen molar-refractivity contribution in [2.75, 3.05) is 11.9 Å². The normalized spacial score (nSPS) is 14.5. The minimum atomic E-state index is -4.38. The van der Waals surface area contributed by atoms with Gasteiger partial charge in [-0.05, 0) is 61.2 Å². The Kier molecular flexibility index (Phi) is 6.77. The third kappa shape index (κ3) is 5.61. The summed E-state index contributed by atoms with van der Waals surface area (Å²) in [5, 5.41) is 10.0. The summed E-state index contributed by atoms with van der Waals surface area (Å²) in [6.45, 7) is 1.34. The summed E-state index contributed by atoms with van der Waals surface area (Å²) in [5.74, 6) is -0.791. The lowest BCUT2D eigenvalue weighted by atomic mass is 10.0. The molecule has 1 aliphatic rings. The van der Waals surface area contributed by atoms with Crippen LogP contribution in [0.4, 0.5) is 27.6 Å². The molecule has 1 fully saturated rings. The Balaban J connectivity index is 1.54. The van der Waals surface area contributed by atoms with E-state index in [0.717, 1.165) is 18.9 Å². The summed E-state index contributed by atoms with van der Waals surface area (Å²) in [7, 11) is 0. The Labute approximate surface area is 214 Å². The van der Waals surface area contributed by atoms with Gasteiger partial charge < -0.3 is 10.6 Å². The van der Waals surface area contributed by atoms with Crippen molar-refractivity contribution in [2.24, 2.45) is 0 Å². The zero-order valence-corrected chi connectivity index (χ0v) is 20.3. The van der Waals surface area contributed by atoms with Gasteiger partial charge in [-0.25, -0.2) is 18.3 Å². The maximum Gasteiger partial charge on any atom is 0.390 e. The van der Waals surface area contributed by atoms with Crippen LogP contribution in [0.1, 0.15) is 52.6 Å². The summed E-state index contributed by atoms with van der Waals surface area (Å²) in [4.78, 5) is 16.8. The topological polar surface area (TPSA) is 71.3 Å². The number of nitrogens with zero attached hydrogens (tertiary/aromatic N) is 3. The van der Waals surface area contributed by atoms with E-state index in [1.807, 2.05) is 0 Å². The number of carbonyl (C=O) groups excluding carboxylic acids is 1. The number of aryl methyl sites for hydroxylation is 1. The number of amides is 1. The van der Waals surface area contributed by atoms with Crippen LogP contribution in [0, 0.1) is 12.7 Å². The highest BCUT2D eigenvalue weighted by atomic mass is 19.4. The van der Waals surface area contributed by atoms with Gasteiger partial charge in [0.25, 0.3) is 5.91 Å². The predicted octanol–water partition coefficient (Wildman–Crippen LogP) is 6.16. The highest BCUT2D eigenvalue weighted by Crippen LogP contribution is 2.32. The number of hydrogen-bond acceptors (Lipinski definition) is 4.